The maximum absolute atomic E-state index is 10.5. The first-order valence-electron chi connectivity index (χ1n) is 5.26. The van der Waals surface area contributed by atoms with E-state index in [0.29, 0.717) is 10.6 Å². The summed E-state index contributed by atoms with van der Waals surface area (Å²) in [6.07, 6.45) is 5.19. The average molecular weight is 238 g/mol. The fraction of sp³-hybridized carbons (Fsp3) is 0.417. The Bertz CT molecular complexity index is 446. The third-order valence-electron chi connectivity index (χ3n) is 3.15. The zero-order chi connectivity index (χ0) is 11.6. The van der Waals surface area contributed by atoms with E-state index in [9.17, 15) is 9.90 Å². The largest absolute Gasteiger partial charge is 0.508 e. The van der Waals surface area contributed by atoms with Gasteiger partial charge in [0, 0.05) is 10.6 Å². The molecule has 0 heterocycles. The summed E-state index contributed by atoms with van der Waals surface area (Å²) in [4.78, 5) is 14.4. The Morgan fingerprint density at radius 1 is 1.38 bits per heavy atom. The highest BCUT2D eigenvalue weighted by Crippen LogP contribution is 2.45. The third kappa shape index (κ3) is 1.84. The van der Waals surface area contributed by atoms with Crippen molar-refractivity contribution in [3.8, 4) is 5.75 Å². The Hall–Kier alpha value is -1.31. The molecule has 3 nitrogen and oxygen atoms in total. The first-order chi connectivity index (χ1) is 7.68. The molecule has 1 aliphatic rings. The molecule has 0 aromatic heterocycles. The lowest BCUT2D eigenvalue weighted by Gasteiger charge is -2.23. The van der Waals surface area contributed by atoms with Crippen molar-refractivity contribution in [3.05, 3.63) is 28.8 Å². The molecule has 2 rings (SSSR count). The van der Waals surface area contributed by atoms with Crippen molar-refractivity contribution in [3.63, 3.8) is 0 Å². The Kier molecular flexibility index (Phi) is 2.99. The molecule has 84 valence electrons. The SMILES string of the molecule is O=C=NC1(c2ccc(Cl)cc2O)CCCC1. The van der Waals surface area contributed by atoms with Crippen LogP contribution in [-0.4, -0.2) is 11.2 Å². The maximum Gasteiger partial charge on any atom is 0.235 e. The second-order valence-electron chi connectivity index (χ2n) is 4.10. The minimum atomic E-state index is -0.587. The van der Waals surface area contributed by atoms with E-state index in [0.717, 1.165) is 25.7 Å². The molecule has 0 aliphatic heterocycles. The number of isocyanates is 1. The molecule has 1 N–H and O–H groups in total. The van der Waals surface area contributed by atoms with Gasteiger partial charge < -0.3 is 5.11 Å². The van der Waals surface area contributed by atoms with Gasteiger partial charge in [0.1, 0.15) is 11.3 Å². The van der Waals surface area contributed by atoms with Gasteiger partial charge in [-0.25, -0.2) is 4.79 Å². The lowest BCUT2D eigenvalue weighted by molar-refractivity contribution is 0.409. The summed E-state index contributed by atoms with van der Waals surface area (Å²) in [5.74, 6) is 0.105. The summed E-state index contributed by atoms with van der Waals surface area (Å²) in [5, 5.41) is 10.3. The monoisotopic (exact) mass is 237 g/mol. The molecule has 0 unspecified atom stereocenters. The van der Waals surface area contributed by atoms with Crippen molar-refractivity contribution in [2.45, 2.75) is 31.2 Å². The molecule has 0 bridgehead atoms. The Labute approximate surface area is 98.8 Å². The van der Waals surface area contributed by atoms with Crippen LogP contribution in [0.2, 0.25) is 5.02 Å². The zero-order valence-electron chi connectivity index (χ0n) is 8.74. The van der Waals surface area contributed by atoms with Crippen LogP contribution >= 0.6 is 11.6 Å². The van der Waals surface area contributed by atoms with Gasteiger partial charge >= 0.3 is 0 Å². The molecule has 1 aromatic rings. The molecular formula is C12H12ClNO2. The summed E-state index contributed by atoms with van der Waals surface area (Å²) >= 11 is 5.78. The van der Waals surface area contributed by atoms with Crippen molar-refractivity contribution < 1.29 is 9.90 Å². The second kappa shape index (κ2) is 4.28. The molecule has 16 heavy (non-hydrogen) atoms. The van der Waals surface area contributed by atoms with Gasteiger partial charge in [0.15, 0.2) is 0 Å². The average Bonchev–Trinajstić information content (AvgIpc) is 2.67. The molecule has 0 spiro atoms. The van der Waals surface area contributed by atoms with Gasteiger partial charge in [-0.1, -0.05) is 30.5 Å². The van der Waals surface area contributed by atoms with Crippen LogP contribution in [0, 0.1) is 0 Å². The van der Waals surface area contributed by atoms with Crippen molar-refractivity contribution in [2.24, 2.45) is 4.99 Å². The lowest BCUT2D eigenvalue weighted by Crippen LogP contribution is -2.18. The van der Waals surface area contributed by atoms with E-state index in [1.807, 2.05) is 0 Å². The van der Waals surface area contributed by atoms with E-state index in [1.165, 1.54) is 6.07 Å². The number of aliphatic imine (C=N–C) groups is 1. The fourth-order valence-corrected chi connectivity index (χ4v) is 2.55. The van der Waals surface area contributed by atoms with Gasteiger partial charge in [-0.3, -0.25) is 0 Å². The number of carbonyl (C=O) groups excluding carboxylic acids is 1. The van der Waals surface area contributed by atoms with Crippen LogP contribution in [0.25, 0.3) is 0 Å². The predicted octanol–water partition coefficient (Wildman–Crippen LogP) is 3.15. The number of hydrogen-bond acceptors (Lipinski definition) is 3. The number of phenolic OH excluding ortho intramolecular Hbond substituents is 1. The van der Waals surface area contributed by atoms with Crippen LogP contribution < -0.4 is 0 Å². The van der Waals surface area contributed by atoms with Gasteiger partial charge in [0.05, 0.1) is 0 Å². The lowest BCUT2D eigenvalue weighted by atomic mass is 9.88. The Balaban J connectivity index is 2.51. The maximum atomic E-state index is 10.5. The Morgan fingerprint density at radius 3 is 2.62 bits per heavy atom. The zero-order valence-corrected chi connectivity index (χ0v) is 9.50. The number of nitrogens with zero attached hydrogens (tertiary/aromatic N) is 1. The minimum Gasteiger partial charge on any atom is -0.508 e. The topological polar surface area (TPSA) is 49.7 Å². The van der Waals surface area contributed by atoms with Gasteiger partial charge in [0.25, 0.3) is 0 Å². The molecular weight excluding hydrogens is 226 g/mol. The Morgan fingerprint density at radius 2 is 2.06 bits per heavy atom. The number of rotatable bonds is 2. The molecule has 1 fully saturated rings. The van der Waals surface area contributed by atoms with E-state index >= 15 is 0 Å². The summed E-state index contributed by atoms with van der Waals surface area (Å²) < 4.78 is 0. The molecule has 1 aliphatic carbocycles. The van der Waals surface area contributed by atoms with E-state index < -0.39 is 5.54 Å². The van der Waals surface area contributed by atoms with E-state index in [-0.39, 0.29) is 5.75 Å². The summed E-state index contributed by atoms with van der Waals surface area (Å²) in [7, 11) is 0. The molecule has 4 heteroatoms. The molecule has 1 aromatic carbocycles. The second-order valence-corrected chi connectivity index (χ2v) is 4.54. The van der Waals surface area contributed by atoms with Crippen molar-refractivity contribution >= 4 is 17.7 Å². The van der Waals surface area contributed by atoms with Crippen LogP contribution in [0.5, 0.6) is 5.75 Å². The van der Waals surface area contributed by atoms with Crippen molar-refractivity contribution in [2.75, 3.05) is 0 Å². The highest BCUT2D eigenvalue weighted by molar-refractivity contribution is 6.30. The van der Waals surface area contributed by atoms with E-state index in [2.05, 4.69) is 4.99 Å². The third-order valence-corrected chi connectivity index (χ3v) is 3.39. The number of benzene rings is 1. The first-order valence-corrected chi connectivity index (χ1v) is 5.64. The normalized spacial score (nSPS) is 18.1. The van der Waals surface area contributed by atoms with Crippen LogP contribution in [0.15, 0.2) is 23.2 Å². The number of halogens is 1. The van der Waals surface area contributed by atoms with Crippen LogP contribution in [0.4, 0.5) is 0 Å². The van der Waals surface area contributed by atoms with E-state index in [1.54, 1.807) is 18.2 Å². The quantitative estimate of drug-likeness (QED) is 0.635. The molecule has 0 saturated heterocycles. The van der Waals surface area contributed by atoms with E-state index in [4.69, 9.17) is 11.6 Å². The van der Waals surface area contributed by atoms with Gasteiger partial charge in [-0.2, -0.15) is 4.99 Å². The number of hydrogen-bond donors (Lipinski definition) is 1. The minimum absolute atomic E-state index is 0.105. The van der Waals surface area contributed by atoms with Crippen LogP contribution in [-0.2, 0) is 10.3 Å². The van der Waals surface area contributed by atoms with Gasteiger partial charge in [-0.05, 0) is 25.0 Å². The van der Waals surface area contributed by atoms with Crippen LogP contribution in [0.3, 0.4) is 0 Å². The van der Waals surface area contributed by atoms with Gasteiger partial charge in [-0.15, -0.1) is 0 Å². The van der Waals surface area contributed by atoms with Crippen molar-refractivity contribution in [1.29, 1.82) is 0 Å². The fourth-order valence-electron chi connectivity index (χ4n) is 2.39. The summed E-state index contributed by atoms with van der Waals surface area (Å²) in [6.45, 7) is 0. The standard InChI is InChI=1S/C12H12ClNO2/c13-9-3-4-10(11(16)7-9)12(14-8-15)5-1-2-6-12/h3-4,7,16H,1-2,5-6H2. The smallest absolute Gasteiger partial charge is 0.235 e. The van der Waals surface area contributed by atoms with Crippen molar-refractivity contribution in [1.82, 2.24) is 0 Å². The first kappa shape index (κ1) is 11.2. The summed E-state index contributed by atoms with van der Waals surface area (Å²) in [6, 6.07) is 4.93. The highest BCUT2D eigenvalue weighted by atomic mass is 35.5. The molecule has 0 radical (unpaired) electrons. The number of phenols is 1. The van der Waals surface area contributed by atoms with Gasteiger partial charge in [0.2, 0.25) is 6.08 Å². The summed E-state index contributed by atoms with van der Waals surface area (Å²) in [5.41, 5.74) is 0.0916. The molecule has 0 atom stereocenters. The molecule has 0 amide bonds. The molecule has 1 saturated carbocycles. The highest BCUT2D eigenvalue weighted by Gasteiger charge is 2.37. The number of aromatic hydroxyl groups is 1. The predicted molar refractivity (Wildman–Crippen MR) is 61.4 cm³/mol. The van der Waals surface area contributed by atoms with Crippen LogP contribution in [0.1, 0.15) is 31.2 Å².